The van der Waals surface area contributed by atoms with Gasteiger partial charge in [-0.05, 0) is 49.9 Å². The van der Waals surface area contributed by atoms with Crippen LogP contribution in [0.5, 0.6) is 0 Å². The summed E-state index contributed by atoms with van der Waals surface area (Å²) in [6, 6.07) is 6.84. The van der Waals surface area contributed by atoms with Crippen molar-refractivity contribution >= 4 is 27.3 Å². The molecular weight excluding hydrogens is 326 g/mol. The molecule has 2 atom stereocenters. The first kappa shape index (κ1) is 18.7. The maximum absolute atomic E-state index is 12.3. The Bertz CT molecular complexity index is 644. The molecule has 4 N–H and O–H groups in total. The van der Waals surface area contributed by atoms with Gasteiger partial charge in [-0.25, -0.2) is 8.42 Å². The highest BCUT2D eigenvalue weighted by Crippen LogP contribution is 2.25. The van der Waals surface area contributed by atoms with E-state index >= 15 is 0 Å². The van der Waals surface area contributed by atoms with Crippen LogP contribution in [0.15, 0.2) is 24.3 Å². The van der Waals surface area contributed by atoms with Gasteiger partial charge in [0.1, 0.15) is 0 Å². The second-order valence-electron chi connectivity index (χ2n) is 6.46. The molecule has 1 aliphatic carbocycles. The number of carbonyl (C=O) groups is 1. The maximum atomic E-state index is 12.3. The fraction of sp³-hybridized carbons (Fsp3) is 0.588. The average Bonchev–Trinajstić information content (AvgIpc) is 2.54. The lowest BCUT2D eigenvalue weighted by Gasteiger charge is -2.25. The quantitative estimate of drug-likeness (QED) is 0.701. The van der Waals surface area contributed by atoms with E-state index in [1.54, 1.807) is 24.3 Å². The summed E-state index contributed by atoms with van der Waals surface area (Å²) in [5.41, 5.74) is 7.09. The second kappa shape index (κ2) is 8.48. The number of sulfonamides is 1. The molecule has 1 fully saturated rings. The van der Waals surface area contributed by atoms with Crippen LogP contribution in [0.4, 0.5) is 11.4 Å². The van der Waals surface area contributed by atoms with Gasteiger partial charge in [0.2, 0.25) is 15.9 Å². The van der Waals surface area contributed by atoms with Crippen LogP contribution < -0.4 is 15.8 Å². The molecule has 1 saturated carbocycles. The molecule has 1 aliphatic rings. The number of nitrogens with one attached hydrogen (secondary N) is 2. The third kappa shape index (κ3) is 5.79. The number of unbranched alkanes of at least 4 members (excludes halogenated alkanes) is 1. The van der Waals surface area contributed by atoms with E-state index in [0.29, 0.717) is 17.8 Å². The van der Waals surface area contributed by atoms with E-state index in [1.165, 1.54) is 0 Å². The average molecular weight is 353 g/mol. The number of carbonyl (C=O) groups excluding carboxylic acids is 1. The first-order valence-corrected chi connectivity index (χ1v) is 10.2. The van der Waals surface area contributed by atoms with Gasteiger partial charge >= 0.3 is 0 Å². The standard InChI is InChI=1S/C17H27N3O3S/c1-2-3-11-24(22,23)20-16-9-7-15(8-10-16)19-17(21)13-5-4-6-14(18)12-13/h7-10,13-14,20H,2-6,11-12,18H2,1H3,(H,19,21). The molecule has 1 amide bonds. The van der Waals surface area contributed by atoms with Crippen molar-refractivity contribution < 1.29 is 13.2 Å². The topological polar surface area (TPSA) is 101 Å². The summed E-state index contributed by atoms with van der Waals surface area (Å²) in [5.74, 6) is 0.0617. The lowest BCUT2D eigenvalue weighted by Crippen LogP contribution is -2.34. The van der Waals surface area contributed by atoms with Gasteiger partial charge in [0.15, 0.2) is 0 Å². The fourth-order valence-electron chi connectivity index (χ4n) is 2.90. The zero-order valence-corrected chi connectivity index (χ0v) is 14.9. The highest BCUT2D eigenvalue weighted by atomic mass is 32.2. The van der Waals surface area contributed by atoms with Crippen LogP contribution in [-0.4, -0.2) is 26.1 Å². The Morgan fingerprint density at radius 2 is 1.88 bits per heavy atom. The molecule has 1 aromatic carbocycles. The number of hydrogen-bond donors (Lipinski definition) is 3. The summed E-state index contributed by atoms with van der Waals surface area (Å²) >= 11 is 0. The zero-order valence-electron chi connectivity index (χ0n) is 14.1. The van der Waals surface area contributed by atoms with Gasteiger partial charge in [0, 0.05) is 23.3 Å². The number of hydrogen-bond acceptors (Lipinski definition) is 4. The van der Waals surface area contributed by atoms with Crippen molar-refractivity contribution in [3.05, 3.63) is 24.3 Å². The predicted octanol–water partition coefficient (Wildman–Crippen LogP) is 2.68. The summed E-state index contributed by atoms with van der Waals surface area (Å²) in [6.45, 7) is 1.95. The molecule has 24 heavy (non-hydrogen) atoms. The largest absolute Gasteiger partial charge is 0.328 e. The van der Waals surface area contributed by atoms with E-state index in [1.807, 2.05) is 6.92 Å². The summed E-state index contributed by atoms with van der Waals surface area (Å²) in [5, 5.41) is 2.88. The van der Waals surface area contributed by atoms with Gasteiger partial charge in [0.25, 0.3) is 0 Å². The first-order valence-electron chi connectivity index (χ1n) is 8.56. The number of benzene rings is 1. The van der Waals surface area contributed by atoms with Crippen LogP contribution in [-0.2, 0) is 14.8 Å². The molecule has 0 aliphatic heterocycles. The van der Waals surface area contributed by atoms with Crippen LogP contribution >= 0.6 is 0 Å². The summed E-state index contributed by atoms with van der Waals surface area (Å²) in [4.78, 5) is 12.3. The second-order valence-corrected chi connectivity index (χ2v) is 8.31. The van der Waals surface area contributed by atoms with Gasteiger partial charge in [-0.3, -0.25) is 9.52 Å². The molecule has 134 valence electrons. The molecule has 0 bridgehead atoms. The molecule has 0 aromatic heterocycles. The highest BCUT2D eigenvalue weighted by Gasteiger charge is 2.25. The van der Waals surface area contributed by atoms with Crippen LogP contribution in [0.2, 0.25) is 0 Å². The smallest absolute Gasteiger partial charge is 0.232 e. The number of amides is 1. The van der Waals surface area contributed by atoms with Crippen LogP contribution in [0.1, 0.15) is 45.4 Å². The third-order valence-corrected chi connectivity index (χ3v) is 5.65. The molecule has 2 unspecified atom stereocenters. The molecule has 2 rings (SSSR count). The third-order valence-electron chi connectivity index (χ3n) is 4.28. The molecule has 1 aromatic rings. The van der Waals surface area contributed by atoms with Crippen LogP contribution in [0.25, 0.3) is 0 Å². The van der Waals surface area contributed by atoms with Crippen molar-refractivity contribution in [2.75, 3.05) is 15.8 Å². The maximum Gasteiger partial charge on any atom is 0.232 e. The first-order chi connectivity index (χ1) is 11.4. The lowest BCUT2D eigenvalue weighted by molar-refractivity contribution is -0.120. The van der Waals surface area contributed by atoms with E-state index < -0.39 is 10.0 Å². The van der Waals surface area contributed by atoms with E-state index in [9.17, 15) is 13.2 Å². The van der Waals surface area contributed by atoms with E-state index in [0.717, 1.165) is 32.1 Å². The van der Waals surface area contributed by atoms with E-state index in [4.69, 9.17) is 5.73 Å². The summed E-state index contributed by atoms with van der Waals surface area (Å²) in [7, 11) is -3.31. The normalized spacial score (nSPS) is 21.2. The molecule has 7 heteroatoms. The fourth-order valence-corrected chi connectivity index (χ4v) is 4.16. The molecular formula is C17H27N3O3S. The number of nitrogens with two attached hydrogens (primary N) is 1. The Labute approximate surface area is 144 Å². The van der Waals surface area contributed by atoms with Gasteiger partial charge in [-0.1, -0.05) is 19.8 Å². The van der Waals surface area contributed by atoms with Gasteiger partial charge in [-0.15, -0.1) is 0 Å². The Morgan fingerprint density at radius 1 is 1.21 bits per heavy atom. The lowest BCUT2D eigenvalue weighted by atomic mass is 9.85. The zero-order chi connectivity index (χ0) is 17.6. The minimum atomic E-state index is -3.31. The summed E-state index contributed by atoms with van der Waals surface area (Å²) < 4.78 is 26.3. The van der Waals surface area contributed by atoms with E-state index in [2.05, 4.69) is 10.0 Å². The Morgan fingerprint density at radius 3 is 2.50 bits per heavy atom. The van der Waals surface area contributed by atoms with E-state index in [-0.39, 0.29) is 23.6 Å². The minimum Gasteiger partial charge on any atom is -0.328 e. The Kier molecular flexibility index (Phi) is 6.62. The Hall–Kier alpha value is -1.60. The molecule has 6 nitrogen and oxygen atoms in total. The van der Waals surface area contributed by atoms with Crippen LogP contribution in [0, 0.1) is 5.92 Å². The highest BCUT2D eigenvalue weighted by molar-refractivity contribution is 7.92. The van der Waals surface area contributed by atoms with Crippen molar-refractivity contribution in [1.29, 1.82) is 0 Å². The van der Waals surface area contributed by atoms with Gasteiger partial charge in [0.05, 0.1) is 5.75 Å². The van der Waals surface area contributed by atoms with Crippen LogP contribution in [0.3, 0.4) is 0 Å². The monoisotopic (exact) mass is 353 g/mol. The van der Waals surface area contributed by atoms with Crippen molar-refractivity contribution in [1.82, 2.24) is 0 Å². The number of anilines is 2. The summed E-state index contributed by atoms with van der Waals surface area (Å²) in [6.07, 6.45) is 5.02. The van der Waals surface area contributed by atoms with Crippen molar-refractivity contribution in [3.8, 4) is 0 Å². The van der Waals surface area contributed by atoms with Crippen molar-refractivity contribution in [2.24, 2.45) is 11.7 Å². The predicted molar refractivity (Wildman–Crippen MR) is 97.3 cm³/mol. The van der Waals surface area contributed by atoms with Gasteiger partial charge < -0.3 is 11.1 Å². The minimum absolute atomic E-state index is 0.0126. The molecule has 0 spiro atoms. The molecule has 0 radical (unpaired) electrons. The molecule has 0 saturated heterocycles. The molecule has 0 heterocycles. The van der Waals surface area contributed by atoms with Crippen molar-refractivity contribution in [2.45, 2.75) is 51.5 Å². The SMILES string of the molecule is CCCCS(=O)(=O)Nc1ccc(NC(=O)C2CCCC(N)C2)cc1. The Balaban J connectivity index is 1.91. The number of rotatable bonds is 7. The van der Waals surface area contributed by atoms with Gasteiger partial charge in [-0.2, -0.15) is 0 Å². The van der Waals surface area contributed by atoms with Crippen molar-refractivity contribution in [3.63, 3.8) is 0 Å².